The van der Waals surface area contributed by atoms with Gasteiger partial charge in [-0.2, -0.15) is 5.10 Å². The van der Waals surface area contributed by atoms with Crippen molar-refractivity contribution in [3.05, 3.63) is 37.2 Å². The highest BCUT2D eigenvalue weighted by molar-refractivity contribution is 6.31. The molecular formula is C19H29ClN6O3. The minimum absolute atomic E-state index is 0.00340. The van der Waals surface area contributed by atoms with E-state index in [0.29, 0.717) is 35.9 Å². The van der Waals surface area contributed by atoms with Crippen LogP contribution < -0.4 is 21.9 Å². The highest BCUT2D eigenvalue weighted by Gasteiger charge is 2.25. The summed E-state index contributed by atoms with van der Waals surface area (Å²) in [5.41, 5.74) is 6.23. The number of nitrogens with zero attached hydrogens (tertiary/aromatic N) is 4. The van der Waals surface area contributed by atoms with Gasteiger partial charge in [-0.3, -0.25) is 23.8 Å². The van der Waals surface area contributed by atoms with Crippen molar-refractivity contribution in [3.8, 4) is 0 Å². The normalized spacial score (nSPS) is 11.3. The van der Waals surface area contributed by atoms with Crippen LogP contribution in [0.4, 0.5) is 11.5 Å². The number of carbonyl (C=O) groups is 1. The number of nitrogen functional groups attached to an aromatic ring is 1. The Kier molecular flexibility index (Phi) is 7.29. The molecule has 160 valence electrons. The van der Waals surface area contributed by atoms with Crippen LogP contribution in [0.2, 0.25) is 5.02 Å². The maximum atomic E-state index is 13.1. The summed E-state index contributed by atoms with van der Waals surface area (Å²) in [4.78, 5) is 41.6. The second kappa shape index (κ2) is 9.30. The fourth-order valence-electron chi connectivity index (χ4n) is 3.10. The third-order valence-corrected chi connectivity index (χ3v) is 5.19. The number of aryl methyl sites for hydroxylation is 1. The van der Waals surface area contributed by atoms with Gasteiger partial charge in [0.2, 0.25) is 5.91 Å². The number of aromatic amines is 1. The SMILES string of the molecule is CCCCN(C(=O)Cn1nc(C)c(Cl)c1C)c1c(N)n(CC(C)C)c(=O)[nH]c1=O. The number of nitrogens with one attached hydrogen (secondary N) is 1. The van der Waals surface area contributed by atoms with Crippen LogP contribution in [0.5, 0.6) is 0 Å². The number of aromatic nitrogens is 4. The van der Waals surface area contributed by atoms with Crippen LogP contribution in [0.25, 0.3) is 0 Å². The van der Waals surface area contributed by atoms with Gasteiger partial charge in [0.05, 0.1) is 16.4 Å². The van der Waals surface area contributed by atoms with E-state index in [9.17, 15) is 14.4 Å². The molecule has 1 amide bonds. The maximum Gasteiger partial charge on any atom is 0.330 e. The van der Waals surface area contributed by atoms with Crippen LogP contribution in [-0.2, 0) is 17.9 Å². The summed E-state index contributed by atoms with van der Waals surface area (Å²) in [6.07, 6.45) is 1.49. The minimum atomic E-state index is -0.677. The van der Waals surface area contributed by atoms with E-state index in [2.05, 4.69) is 10.1 Å². The molecule has 0 aliphatic carbocycles. The van der Waals surface area contributed by atoms with Crippen molar-refractivity contribution >= 4 is 29.0 Å². The fraction of sp³-hybridized carbons (Fsp3) is 0.579. The molecule has 10 heteroatoms. The van der Waals surface area contributed by atoms with Gasteiger partial charge in [-0.15, -0.1) is 0 Å². The number of halogens is 1. The Morgan fingerprint density at radius 2 is 1.97 bits per heavy atom. The largest absolute Gasteiger partial charge is 0.383 e. The predicted molar refractivity (Wildman–Crippen MR) is 115 cm³/mol. The molecule has 0 unspecified atom stereocenters. The van der Waals surface area contributed by atoms with E-state index in [1.807, 2.05) is 20.8 Å². The van der Waals surface area contributed by atoms with Crippen molar-refractivity contribution in [1.29, 1.82) is 0 Å². The van der Waals surface area contributed by atoms with Crippen LogP contribution in [-0.4, -0.2) is 31.8 Å². The lowest BCUT2D eigenvalue weighted by atomic mass is 10.2. The Morgan fingerprint density at radius 1 is 1.31 bits per heavy atom. The van der Waals surface area contributed by atoms with Crippen molar-refractivity contribution in [3.63, 3.8) is 0 Å². The van der Waals surface area contributed by atoms with E-state index in [-0.39, 0.29) is 29.9 Å². The van der Waals surface area contributed by atoms with E-state index >= 15 is 0 Å². The molecule has 0 saturated heterocycles. The second-order valence-electron chi connectivity index (χ2n) is 7.54. The monoisotopic (exact) mass is 424 g/mol. The number of nitrogens with two attached hydrogens (primary N) is 1. The minimum Gasteiger partial charge on any atom is -0.383 e. The first kappa shape index (κ1) is 22.7. The Labute approximate surface area is 174 Å². The Balaban J connectivity index is 2.51. The molecule has 29 heavy (non-hydrogen) atoms. The van der Waals surface area contributed by atoms with Crippen LogP contribution >= 0.6 is 11.6 Å². The van der Waals surface area contributed by atoms with Gasteiger partial charge in [-0.25, -0.2) is 4.79 Å². The molecule has 0 fully saturated rings. The molecular weight excluding hydrogens is 396 g/mol. The Hall–Kier alpha value is -2.55. The number of carbonyl (C=O) groups excluding carboxylic acids is 1. The van der Waals surface area contributed by atoms with Crippen molar-refractivity contribution in [2.24, 2.45) is 5.92 Å². The summed E-state index contributed by atoms with van der Waals surface area (Å²) in [5.74, 6) is -0.235. The van der Waals surface area contributed by atoms with Gasteiger partial charge in [0.15, 0.2) is 5.69 Å². The standard InChI is InChI=1S/C19H29ClN6O3/c1-6-7-8-24(14(27)10-26-13(5)15(20)12(4)23-26)16-17(21)25(9-11(2)3)19(29)22-18(16)28/h11H,6-10,21H2,1-5H3,(H,22,28,29). The molecule has 2 aromatic rings. The van der Waals surface area contributed by atoms with Gasteiger partial charge in [-0.05, 0) is 26.2 Å². The molecule has 0 aromatic carbocycles. The first-order valence-corrected chi connectivity index (χ1v) is 10.1. The van der Waals surface area contributed by atoms with Crippen LogP contribution in [0, 0.1) is 19.8 Å². The lowest BCUT2D eigenvalue weighted by Crippen LogP contribution is -2.43. The highest BCUT2D eigenvalue weighted by Crippen LogP contribution is 2.21. The van der Waals surface area contributed by atoms with Crippen molar-refractivity contribution < 1.29 is 4.79 Å². The summed E-state index contributed by atoms with van der Waals surface area (Å²) < 4.78 is 2.81. The number of unbranched alkanes of at least 4 members (excludes halogenated alkanes) is 1. The number of amides is 1. The van der Waals surface area contributed by atoms with Gasteiger partial charge in [-0.1, -0.05) is 38.8 Å². The van der Waals surface area contributed by atoms with E-state index in [1.165, 1.54) is 14.1 Å². The number of hydrogen-bond donors (Lipinski definition) is 2. The van der Waals surface area contributed by atoms with Crippen LogP contribution in [0.1, 0.15) is 45.0 Å². The molecule has 9 nitrogen and oxygen atoms in total. The lowest BCUT2D eigenvalue weighted by Gasteiger charge is -2.25. The Bertz CT molecular complexity index is 1000. The number of rotatable bonds is 8. The van der Waals surface area contributed by atoms with Crippen molar-refractivity contribution in [1.82, 2.24) is 19.3 Å². The molecule has 3 N–H and O–H groups in total. The number of hydrogen-bond acceptors (Lipinski definition) is 5. The molecule has 0 aliphatic rings. The van der Waals surface area contributed by atoms with Gasteiger partial charge in [0.25, 0.3) is 5.56 Å². The average Bonchev–Trinajstić information content (AvgIpc) is 2.87. The van der Waals surface area contributed by atoms with Gasteiger partial charge in [0, 0.05) is 13.1 Å². The summed E-state index contributed by atoms with van der Waals surface area (Å²) in [6, 6.07) is 0. The van der Waals surface area contributed by atoms with Gasteiger partial charge < -0.3 is 10.6 Å². The number of H-pyrrole nitrogens is 1. The van der Waals surface area contributed by atoms with E-state index in [4.69, 9.17) is 17.3 Å². The van der Waals surface area contributed by atoms with Crippen LogP contribution in [0.3, 0.4) is 0 Å². The molecule has 0 atom stereocenters. The smallest absolute Gasteiger partial charge is 0.330 e. The van der Waals surface area contributed by atoms with Crippen molar-refractivity contribution in [2.75, 3.05) is 17.2 Å². The molecule has 0 spiro atoms. The first-order valence-electron chi connectivity index (χ1n) is 9.70. The summed E-state index contributed by atoms with van der Waals surface area (Å²) in [6.45, 7) is 9.92. The highest BCUT2D eigenvalue weighted by atomic mass is 35.5. The zero-order valence-corrected chi connectivity index (χ0v) is 18.3. The van der Waals surface area contributed by atoms with E-state index < -0.39 is 11.2 Å². The molecule has 0 saturated carbocycles. The summed E-state index contributed by atoms with van der Waals surface area (Å²) in [7, 11) is 0. The first-order chi connectivity index (χ1) is 13.6. The summed E-state index contributed by atoms with van der Waals surface area (Å²) >= 11 is 6.18. The second-order valence-corrected chi connectivity index (χ2v) is 7.92. The van der Waals surface area contributed by atoms with E-state index in [0.717, 1.165) is 6.42 Å². The number of anilines is 2. The molecule has 2 heterocycles. The molecule has 0 radical (unpaired) electrons. The molecule has 0 bridgehead atoms. The zero-order chi connectivity index (χ0) is 21.9. The summed E-state index contributed by atoms with van der Waals surface area (Å²) in [5, 5.41) is 4.79. The zero-order valence-electron chi connectivity index (χ0n) is 17.6. The Morgan fingerprint density at radius 3 is 2.48 bits per heavy atom. The molecule has 0 aliphatic heterocycles. The maximum absolute atomic E-state index is 13.1. The predicted octanol–water partition coefficient (Wildman–Crippen LogP) is 2.07. The van der Waals surface area contributed by atoms with Crippen LogP contribution in [0.15, 0.2) is 9.59 Å². The quantitative estimate of drug-likeness (QED) is 0.672. The third-order valence-electron chi connectivity index (χ3n) is 4.65. The fourth-order valence-corrected chi connectivity index (χ4v) is 3.24. The molecule has 2 rings (SSSR count). The van der Waals surface area contributed by atoms with E-state index in [1.54, 1.807) is 13.8 Å². The molecule has 2 aromatic heterocycles. The lowest BCUT2D eigenvalue weighted by molar-refractivity contribution is -0.119. The average molecular weight is 425 g/mol. The van der Waals surface area contributed by atoms with Crippen molar-refractivity contribution in [2.45, 2.75) is 60.5 Å². The topological polar surface area (TPSA) is 119 Å². The van der Waals surface area contributed by atoms with Gasteiger partial charge in [0.1, 0.15) is 12.4 Å². The third kappa shape index (κ3) is 4.90. The van der Waals surface area contributed by atoms with Gasteiger partial charge >= 0.3 is 5.69 Å².